The number of amides is 2. The van der Waals surface area contributed by atoms with Crippen molar-refractivity contribution < 1.29 is 24.6 Å². The van der Waals surface area contributed by atoms with Gasteiger partial charge in [0.15, 0.2) is 0 Å². The van der Waals surface area contributed by atoms with Gasteiger partial charge in [0.2, 0.25) is 11.8 Å². The Morgan fingerprint density at radius 1 is 1.22 bits per heavy atom. The van der Waals surface area contributed by atoms with Gasteiger partial charge < -0.3 is 30.6 Å². The Kier molecular flexibility index (Phi) is 6.86. The molecule has 0 aromatic rings. The Labute approximate surface area is 193 Å². The maximum absolute atomic E-state index is 12.5. The Bertz CT molecular complexity index is 810. The standard InChI is InChI=1S/C22H34N4O5S/c1-12-18-17(13(2)27)21(29)26(18)19(22(30)31)20(12)32-15-5-6-24(11-15)10-14-3-7-25(8-4-14)16(28)9-23/h12-15,17-18,27H,3-11,23H2,1-2H3,(H,30,31)/t12-,13-,15?,17-,18-/m1/s1. The van der Waals surface area contributed by atoms with Crippen molar-refractivity contribution in [2.75, 3.05) is 39.3 Å². The number of hydrogen-bond acceptors (Lipinski definition) is 7. The Morgan fingerprint density at radius 3 is 2.50 bits per heavy atom. The average molecular weight is 467 g/mol. The molecule has 2 amide bonds. The van der Waals surface area contributed by atoms with Crippen molar-refractivity contribution in [3.05, 3.63) is 10.6 Å². The molecule has 0 radical (unpaired) electrons. The minimum atomic E-state index is -1.06. The zero-order valence-electron chi connectivity index (χ0n) is 18.8. The molecule has 0 spiro atoms. The van der Waals surface area contributed by atoms with Gasteiger partial charge in [-0.2, -0.15) is 0 Å². The second kappa shape index (κ2) is 9.32. The van der Waals surface area contributed by atoms with Crippen LogP contribution in [0.5, 0.6) is 0 Å². The van der Waals surface area contributed by atoms with Crippen molar-refractivity contribution in [1.29, 1.82) is 0 Å². The lowest BCUT2D eigenvalue weighted by Crippen LogP contribution is -2.63. The third-order valence-corrected chi connectivity index (χ3v) is 9.03. The first kappa shape index (κ1) is 23.5. The SMILES string of the molecule is C[C@@H](O)[C@H]1C(=O)N2C(C(=O)O)=C(SC3CCN(CC4CCN(C(=O)CN)CC4)C3)[C@H](C)[C@H]12. The highest BCUT2D eigenvalue weighted by Crippen LogP contribution is 2.51. The number of thioether (sulfide) groups is 1. The number of hydrogen-bond donors (Lipinski definition) is 3. The topological polar surface area (TPSA) is 127 Å². The van der Waals surface area contributed by atoms with Crippen molar-refractivity contribution in [1.82, 2.24) is 14.7 Å². The molecule has 0 aromatic heterocycles. The maximum Gasteiger partial charge on any atom is 0.353 e. The quantitative estimate of drug-likeness (QED) is 0.453. The van der Waals surface area contributed by atoms with Crippen LogP contribution in [0.25, 0.3) is 0 Å². The highest BCUT2D eigenvalue weighted by Gasteiger charge is 2.60. The van der Waals surface area contributed by atoms with Crippen LogP contribution in [-0.4, -0.2) is 99.4 Å². The molecule has 32 heavy (non-hydrogen) atoms. The van der Waals surface area contributed by atoms with Crippen LogP contribution < -0.4 is 5.73 Å². The van der Waals surface area contributed by atoms with E-state index >= 15 is 0 Å². The van der Waals surface area contributed by atoms with Crippen molar-refractivity contribution in [2.45, 2.75) is 50.5 Å². The average Bonchev–Trinajstić information content (AvgIpc) is 3.29. The number of nitrogens with two attached hydrogens (primary N) is 1. The summed E-state index contributed by atoms with van der Waals surface area (Å²) < 4.78 is 0. The number of aliphatic hydroxyl groups is 1. The van der Waals surface area contributed by atoms with Crippen molar-refractivity contribution >= 4 is 29.5 Å². The lowest BCUT2D eigenvalue weighted by atomic mass is 9.79. The minimum Gasteiger partial charge on any atom is -0.477 e. The number of carboxylic acids is 1. The Morgan fingerprint density at radius 2 is 1.91 bits per heavy atom. The number of aliphatic hydroxyl groups excluding tert-OH is 1. The monoisotopic (exact) mass is 466 g/mol. The van der Waals surface area contributed by atoms with E-state index in [9.17, 15) is 24.6 Å². The molecule has 4 N–H and O–H groups in total. The second-order valence-corrected chi connectivity index (χ2v) is 10.9. The fourth-order valence-electron chi connectivity index (χ4n) is 5.78. The third kappa shape index (κ3) is 4.18. The highest BCUT2D eigenvalue weighted by atomic mass is 32.2. The van der Waals surface area contributed by atoms with Crippen LogP contribution in [0.4, 0.5) is 0 Å². The van der Waals surface area contributed by atoms with E-state index in [2.05, 4.69) is 4.90 Å². The normalized spacial score (nSPS) is 32.3. The Hall–Kier alpha value is -1.62. The summed E-state index contributed by atoms with van der Waals surface area (Å²) in [6.07, 6.45) is 2.19. The predicted octanol–water partition coefficient (Wildman–Crippen LogP) is 0.145. The molecule has 3 saturated heterocycles. The summed E-state index contributed by atoms with van der Waals surface area (Å²) in [5.41, 5.74) is 5.58. The first-order chi connectivity index (χ1) is 15.2. The van der Waals surface area contributed by atoms with Gasteiger partial charge in [-0.05, 0) is 38.6 Å². The van der Waals surface area contributed by atoms with E-state index in [0.717, 1.165) is 56.9 Å². The summed E-state index contributed by atoms with van der Waals surface area (Å²) >= 11 is 1.61. The first-order valence-electron chi connectivity index (χ1n) is 11.6. The molecule has 0 aliphatic carbocycles. The van der Waals surface area contributed by atoms with E-state index in [1.54, 1.807) is 18.7 Å². The van der Waals surface area contributed by atoms with Crippen LogP contribution in [0.2, 0.25) is 0 Å². The molecule has 178 valence electrons. The number of β-lactam (4-membered cyclic amide) rings is 1. The van der Waals surface area contributed by atoms with E-state index < -0.39 is 18.0 Å². The van der Waals surface area contributed by atoms with Gasteiger partial charge >= 0.3 is 5.97 Å². The van der Waals surface area contributed by atoms with Crippen molar-refractivity contribution in [3.63, 3.8) is 0 Å². The van der Waals surface area contributed by atoms with E-state index in [-0.39, 0.29) is 36.0 Å². The van der Waals surface area contributed by atoms with Crippen LogP contribution in [-0.2, 0) is 14.4 Å². The summed E-state index contributed by atoms with van der Waals surface area (Å²) in [5, 5.41) is 20.1. The molecule has 4 rings (SSSR count). The summed E-state index contributed by atoms with van der Waals surface area (Å²) in [7, 11) is 0. The van der Waals surface area contributed by atoms with E-state index in [4.69, 9.17) is 5.73 Å². The number of carbonyl (C=O) groups is 3. The number of carbonyl (C=O) groups excluding carboxylic acids is 2. The molecule has 0 aromatic carbocycles. The molecule has 3 fully saturated rings. The predicted molar refractivity (Wildman–Crippen MR) is 120 cm³/mol. The van der Waals surface area contributed by atoms with Crippen LogP contribution in [0.1, 0.15) is 33.1 Å². The largest absolute Gasteiger partial charge is 0.477 e. The Balaban J connectivity index is 1.34. The van der Waals surface area contributed by atoms with Gasteiger partial charge in [-0.25, -0.2) is 4.79 Å². The fraction of sp³-hybridized carbons (Fsp3) is 0.773. The number of carboxylic acid groups (broad SMARTS) is 1. The molecule has 9 nitrogen and oxygen atoms in total. The molecule has 1 unspecified atom stereocenters. The smallest absolute Gasteiger partial charge is 0.353 e. The lowest BCUT2D eigenvalue weighted by molar-refractivity contribution is -0.163. The number of likely N-dealkylation sites (tertiary alicyclic amines) is 2. The maximum atomic E-state index is 12.5. The summed E-state index contributed by atoms with van der Waals surface area (Å²) in [6.45, 7) is 8.07. The molecule has 4 aliphatic rings. The molecule has 10 heteroatoms. The highest BCUT2D eigenvalue weighted by molar-refractivity contribution is 8.03. The number of aliphatic carboxylic acids is 1. The summed E-state index contributed by atoms with van der Waals surface area (Å²) in [5.74, 6) is -1.36. The van der Waals surface area contributed by atoms with Gasteiger partial charge in [0, 0.05) is 42.3 Å². The minimum absolute atomic E-state index is 0.0234. The zero-order chi connectivity index (χ0) is 23.2. The van der Waals surface area contributed by atoms with Crippen molar-refractivity contribution in [2.24, 2.45) is 23.5 Å². The van der Waals surface area contributed by atoms with Crippen molar-refractivity contribution in [3.8, 4) is 0 Å². The van der Waals surface area contributed by atoms with Gasteiger partial charge in [0.05, 0.1) is 24.6 Å². The van der Waals surface area contributed by atoms with E-state index in [1.165, 1.54) is 4.90 Å². The summed E-state index contributed by atoms with van der Waals surface area (Å²) in [4.78, 5) is 42.7. The third-order valence-electron chi connectivity index (χ3n) is 7.49. The van der Waals surface area contributed by atoms with Crippen LogP contribution >= 0.6 is 11.8 Å². The number of rotatable bonds is 7. The van der Waals surface area contributed by atoms with E-state index in [1.807, 2.05) is 11.8 Å². The van der Waals surface area contributed by atoms with Gasteiger partial charge in [-0.3, -0.25) is 9.59 Å². The second-order valence-electron chi connectivity index (χ2n) is 9.59. The van der Waals surface area contributed by atoms with Crippen LogP contribution in [0.3, 0.4) is 0 Å². The zero-order valence-corrected chi connectivity index (χ0v) is 19.6. The first-order valence-corrected chi connectivity index (χ1v) is 12.5. The molecule has 0 bridgehead atoms. The summed E-state index contributed by atoms with van der Waals surface area (Å²) in [6, 6.07) is -0.255. The number of fused-ring (bicyclic) bond motifs is 1. The molecule has 4 heterocycles. The lowest BCUT2D eigenvalue weighted by Gasteiger charge is -2.46. The van der Waals surface area contributed by atoms with Gasteiger partial charge in [0.1, 0.15) is 5.70 Å². The molecular formula is C22H34N4O5S. The van der Waals surface area contributed by atoms with Crippen LogP contribution in [0.15, 0.2) is 10.6 Å². The van der Waals surface area contributed by atoms with Gasteiger partial charge in [-0.15, -0.1) is 11.8 Å². The fourth-order valence-corrected chi connectivity index (χ4v) is 7.30. The number of piperidine rings is 1. The van der Waals surface area contributed by atoms with E-state index in [0.29, 0.717) is 11.2 Å². The molecular weight excluding hydrogens is 432 g/mol. The molecule has 4 aliphatic heterocycles. The van der Waals surface area contributed by atoms with Gasteiger partial charge in [0.25, 0.3) is 0 Å². The molecule has 5 atom stereocenters. The number of nitrogens with zero attached hydrogens (tertiary/aromatic N) is 3. The van der Waals surface area contributed by atoms with Gasteiger partial charge in [-0.1, -0.05) is 6.92 Å². The molecule has 0 saturated carbocycles. The van der Waals surface area contributed by atoms with Crippen LogP contribution in [0, 0.1) is 17.8 Å².